The van der Waals surface area contributed by atoms with Gasteiger partial charge in [0.05, 0.1) is 0 Å². The Kier molecular flexibility index (Phi) is 4.61. The fraction of sp³-hybridized carbons (Fsp3) is 0.733. The number of amides is 1. The summed E-state index contributed by atoms with van der Waals surface area (Å²) in [6.45, 7) is 6.52. The number of rotatable bonds is 7. The van der Waals surface area contributed by atoms with Crippen molar-refractivity contribution in [2.24, 2.45) is 5.92 Å². The molecule has 0 radical (unpaired) electrons. The van der Waals surface area contributed by atoms with Gasteiger partial charge in [0.2, 0.25) is 0 Å². The molecular formula is C15H25N3O. The molecule has 106 valence electrons. The zero-order valence-electron chi connectivity index (χ0n) is 12.2. The number of aromatic amines is 1. The van der Waals surface area contributed by atoms with Crippen LogP contribution in [0.25, 0.3) is 0 Å². The summed E-state index contributed by atoms with van der Waals surface area (Å²) in [5.74, 6) is 1.29. The Bertz CT molecular complexity index is 421. The molecule has 1 atom stereocenters. The lowest BCUT2D eigenvalue weighted by atomic mass is 10.0. The summed E-state index contributed by atoms with van der Waals surface area (Å²) in [5, 5.41) is 10.1. The Hall–Kier alpha value is -1.32. The Balaban J connectivity index is 1.75. The van der Waals surface area contributed by atoms with Crippen LogP contribution in [0.4, 0.5) is 0 Å². The second kappa shape index (κ2) is 6.22. The lowest BCUT2D eigenvalue weighted by Crippen LogP contribution is -2.32. The zero-order valence-corrected chi connectivity index (χ0v) is 12.2. The van der Waals surface area contributed by atoms with E-state index in [9.17, 15) is 4.79 Å². The van der Waals surface area contributed by atoms with Crippen LogP contribution in [0.3, 0.4) is 0 Å². The summed E-state index contributed by atoms with van der Waals surface area (Å²) in [6.07, 6.45) is 5.84. The van der Waals surface area contributed by atoms with Crippen molar-refractivity contribution in [2.75, 3.05) is 0 Å². The molecule has 1 aliphatic rings. The van der Waals surface area contributed by atoms with Crippen molar-refractivity contribution in [3.05, 3.63) is 17.5 Å². The van der Waals surface area contributed by atoms with Gasteiger partial charge in [0.25, 0.3) is 5.91 Å². The topological polar surface area (TPSA) is 57.8 Å². The number of hydrogen-bond acceptors (Lipinski definition) is 2. The van der Waals surface area contributed by atoms with Crippen molar-refractivity contribution in [2.45, 2.75) is 64.8 Å². The van der Waals surface area contributed by atoms with Gasteiger partial charge in [0.1, 0.15) is 5.69 Å². The zero-order chi connectivity index (χ0) is 13.8. The molecule has 1 aromatic rings. The molecule has 1 amide bonds. The highest BCUT2D eigenvalue weighted by Gasteiger charge is 2.26. The lowest BCUT2D eigenvalue weighted by Gasteiger charge is -2.13. The summed E-state index contributed by atoms with van der Waals surface area (Å²) < 4.78 is 0. The first-order valence-electron chi connectivity index (χ1n) is 7.42. The number of nitrogens with zero attached hydrogens (tertiary/aromatic N) is 1. The van der Waals surface area contributed by atoms with E-state index in [0.29, 0.717) is 11.6 Å². The molecule has 2 rings (SSSR count). The second-order valence-electron chi connectivity index (χ2n) is 6.18. The molecule has 0 aromatic carbocycles. The second-order valence-corrected chi connectivity index (χ2v) is 6.18. The average molecular weight is 263 g/mol. The van der Waals surface area contributed by atoms with E-state index in [4.69, 9.17) is 0 Å². The van der Waals surface area contributed by atoms with Gasteiger partial charge in [-0.1, -0.05) is 26.7 Å². The van der Waals surface area contributed by atoms with Gasteiger partial charge in [-0.2, -0.15) is 5.10 Å². The third kappa shape index (κ3) is 4.37. The Morgan fingerprint density at radius 1 is 1.42 bits per heavy atom. The van der Waals surface area contributed by atoms with E-state index >= 15 is 0 Å². The largest absolute Gasteiger partial charge is 0.348 e. The minimum Gasteiger partial charge on any atom is -0.348 e. The first-order valence-corrected chi connectivity index (χ1v) is 7.42. The number of carbonyl (C=O) groups excluding carboxylic acids is 1. The number of aromatic nitrogens is 2. The first kappa shape index (κ1) is 14.1. The molecule has 0 saturated heterocycles. The molecule has 0 aliphatic heterocycles. The van der Waals surface area contributed by atoms with Gasteiger partial charge in [-0.25, -0.2) is 0 Å². The SMILES string of the molecule is CC(C)CCC[C@H](C)NC(=O)c1cc(C2CC2)[nH]n1. The van der Waals surface area contributed by atoms with E-state index in [1.165, 1.54) is 19.3 Å². The molecule has 1 heterocycles. The molecule has 0 spiro atoms. The molecule has 0 bridgehead atoms. The lowest BCUT2D eigenvalue weighted by molar-refractivity contribution is 0.0932. The summed E-state index contributed by atoms with van der Waals surface area (Å²) >= 11 is 0. The third-order valence-corrected chi connectivity index (χ3v) is 3.64. The van der Waals surface area contributed by atoms with E-state index in [-0.39, 0.29) is 11.9 Å². The van der Waals surface area contributed by atoms with E-state index in [1.807, 2.05) is 6.07 Å². The highest BCUT2D eigenvalue weighted by molar-refractivity contribution is 5.92. The van der Waals surface area contributed by atoms with Crippen molar-refractivity contribution >= 4 is 5.91 Å². The molecule has 4 nitrogen and oxygen atoms in total. The maximum Gasteiger partial charge on any atom is 0.271 e. The predicted molar refractivity (Wildman–Crippen MR) is 76.2 cm³/mol. The molecule has 2 N–H and O–H groups in total. The molecule has 19 heavy (non-hydrogen) atoms. The average Bonchev–Trinajstić information content (AvgIpc) is 3.06. The molecule has 1 aliphatic carbocycles. The Morgan fingerprint density at radius 3 is 2.79 bits per heavy atom. The van der Waals surface area contributed by atoms with Crippen LogP contribution in [-0.4, -0.2) is 22.1 Å². The van der Waals surface area contributed by atoms with Crippen LogP contribution >= 0.6 is 0 Å². The molecule has 1 saturated carbocycles. The highest BCUT2D eigenvalue weighted by Crippen LogP contribution is 2.38. The Morgan fingerprint density at radius 2 is 2.16 bits per heavy atom. The van der Waals surface area contributed by atoms with Gasteiger partial charge in [0, 0.05) is 17.7 Å². The van der Waals surface area contributed by atoms with E-state index < -0.39 is 0 Å². The fourth-order valence-corrected chi connectivity index (χ4v) is 2.26. The van der Waals surface area contributed by atoms with Crippen LogP contribution in [-0.2, 0) is 0 Å². The van der Waals surface area contributed by atoms with Crippen molar-refractivity contribution in [3.8, 4) is 0 Å². The molecule has 1 aromatic heterocycles. The number of nitrogens with one attached hydrogen (secondary N) is 2. The first-order chi connectivity index (χ1) is 9.06. The standard InChI is InChI=1S/C15H25N3O/c1-10(2)5-4-6-11(3)16-15(19)14-9-13(17-18-14)12-7-8-12/h9-12H,4-8H2,1-3H3,(H,16,19)(H,17,18)/t11-/m0/s1. The van der Waals surface area contributed by atoms with Crippen LogP contribution in [0.15, 0.2) is 6.07 Å². The molecule has 0 unspecified atom stereocenters. The molecule has 1 fully saturated rings. The molecular weight excluding hydrogens is 238 g/mol. The van der Waals surface area contributed by atoms with Crippen molar-refractivity contribution in [3.63, 3.8) is 0 Å². The normalized spacial score (nSPS) is 16.6. The summed E-state index contributed by atoms with van der Waals surface area (Å²) in [7, 11) is 0. The number of carbonyl (C=O) groups is 1. The van der Waals surface area contributed by atoms with Gasteiger partial charge in [-0.3, -0.25) is 9.89 Å². The van der Waals surface area contributed by atoms with Crippen LogP contribution in [0, 0.1) is 5.92 Å². The van der Waals surface area contributed by atoms with Gasteiger partial charge < -0.3 is 5.32 Å². The smallest absolute Gasteiger partial charge is 0.271 e. The van der Waals surface area contributed by atoms with E-state index in [0.717, 1.165) is 24.5 Å². The van der Waals surface area contributed by atoms with Gasteiger partial charge in [0.15, 0.2) is 0 Å². The van der Waals surface area contributed by atoms with Crippen LogP contribution < -0.4 is 5.32 Å². The quantitative estimate of drug-likeness (QED) is 0.793. The molecule has 4 heteroatoms. The van der Waals surface area contributed by atoms with Crippen molar-refractivity contribution in [1.29, 1.82) is 0 Å². The van der Waals surface area contributed by atoms with Gasteiger partial charge >= 0.3 is 0 Å². The van der Waals surface area contributed by atoms with Gasteiger partial charge in [-0.05, 0) is 38.2 Å². The number of hydrogen-bond donors (Lipinski definition) is 2. The van der Waals surface area contributed by atoms with E-state index in [2.05, 4.69) is 36.3 Å². The van der Waals surface area contributed by atoms with E-state index in [1.54, 1.807) is 0 Å². The van der Waals surface area contributed by atoms with Crippen LogP contribution in [0.5, 0.6) is 0 Å². The van der Waals surface area contributed by atoms with Gasteiger partial charge in [-0.15, -0.1) is 0 Å². The maximum absolute atomic E-state index is 12.0. The maximum atomic E-state index is 12.0. The van der Waals surface area contributed by atoms with Crippen molar-refractivity contribution < 1.29 is 4.79 Å². The number of H-pyrrole nitrogens is 1. The summed E-state index contributed by atoms with van der Waals surface area (Å²) in [5.41, 5.74) is 1.63. The van der Waals surface area contributed by atoms with Crippen LogP contribution in [0.1, 0.15) is 75.0 Å². The summed E-state index contributed by atoms with van der Waals surface area (Å²) in [6, 6.07) is 2.11. The highest BCUT2D eigenvalue weighted by atomic mass is 16.2. The Labute approximate surface area is 115 Å². The minimum absolute atomic E-state index is 0.0554. The third-order valence-electron chi connectivity index (χ3n) is 3.64. The summed E-state index contributed by atoms with van der Waals surface area (Å²) in [4.78, 5) is 12.0. The predicted octanol–water partition coefficient (Wildman–Crippen LogP) is 3.23. The fourth-order valence-electron chi connectivity index (χ4n) is 2.26. The minimum atomic E-state index is -0.0554. The van der Waals surface area contributed by atoms with Crippen LogP contribution in [0.2, 0.25) is 0 Å². The monoisotopic (exact) mass is 263 g/mol. The van der Waals surface area contributed by atoms with Crippen molar-refractivity contribution in [1.82, 2.24) is 15.5 Å².